The van der Waals surface area contributed by atoms with E-state index >= 15 is 0 Å². The Bertz CT molecular complexity index is 618. The van der Waals surface area contributed by atoms with Gasteiger partial charge in [0.25, 0.3) is 5.91 Å². The topological polar surface area (TPSA) is 51.2 Å². The molecule has 104 valence electrons. The minimum Gasteiger partial charge on any atom is -0.495 e. The fourth-order valence-corrected chi connectivity index (χ4v) is 2.37. The first kappa shape index (κ1) is 14.6. The third-order valence-electron chi connectivity index (χ3n) is 2.67. The van der Waals surface area contributed by atoms with Crippen molar-refractivity contribution in [3.8, 4) is 5.75 Å². The highest BCUT2D eigenvalue weighted by Crippen LogP contribution is 2.32. The van der Waals surface area contributed by atoms with Gasteiger partial charge in [0.15, 0.2) is 0 Å². The van der Waals surface area contributed by atoms with Crippen LogP contribution in [0.1, 0.15) is 15.9 Å². The molecule has 0 aliphatic carbocycles. The number of nitrogens with one attached hydrogen (secondary N) is 1. The minimum atomic E-state index is -0.203. The van der Waals surface area contributed by atoms with Crippen molar-refractivity contribution in [2.45, 2.75) is 6.54 Å². The number of carbonyl (C=O) groups is 1. The van der Waals surface area contributed by atoms with Gasteiger partial charge >= 0.3 is 0 Å². The number of hydrogen-bond acceptors (Lipinski definition) is 3. The first-order valence-electron chi connectivity index (χ1n) is 5.82. The fourth-order valence-electron chi connectivity index (χ4n) is 1.75. The monoisotopic (exact) mass is 310 g/mol. The lowest BCUT2D eigenvalue weighted by molar-refractivity contribution is 0.0950. The predicted octanol–water partition coefficient (Wildman–Crippen LogP) is 3.33. The Kier molecular flexibility index (Phi) is 4.82. The summed E-state index contributed by atoms with van der Waals surface area (Å²) in [6.07, 6.45) is 3.12. The summed E-state index contributed by atoms with van der Waals surface area (Å²) in [6, 6.07) is 6.57. The molecule has 0 radical (unpaired) electrons. The second-order valence-electron chi connectivity index (χ2n) is 4.00. The maximum Gasteiger partial charge on any atom is 0.251 e. The molecular formula is C14H12Cl2N2O2. The first-order chi connectivity index (χ1) is 9.61. The van der Waals surface area contributed by atoms with Crippen molar-refractivity contribution in [1.82, 2.24) is 10.3 Å². The van der Waals surface area contributed by atoms with Crippen molar-refractivity contribution in [2.24, 2.45) is 0 Å². The van der Waals surface area contributed by atoms with Gasteiger partial charge in [-0.05, 0) is 24.3 Å². The average Bonchev–Trinajstić information content (AvgIpc) is 2.45. The molecule has 1 aromatic carbocycles. The largest absolute Gasteiger partial charge is 0.495 e. The number of amides is 1. The summed E-state index contributed by atoms with van der Waals surface area (Å²) in [5.41, 5.74) is 1.25. The number of benzene rings is 1. The van der Waals surface area contributed by atoms with Crippen molar-refractivity contribution in [2.75, 3.05) is 7.11 Å². The Morgan fingerprint density at radius 3 is 2.65 bits per heavy atom. The van der Waals surface area contributed by atoms with E-state index in [1.807, 2.05) is 0 Å². The maximum atomic E-state index is 11.9. The third-order valence-corrected chi connectivity index (χ3v) is 3.17. The second kappa shape index (κ2) is 6.59. The Morgan fingerprint density at radius 2 is 2.00 bits per heavy atom. The van der Waals surface area contributed by atoms with Gasteiger partial charge in [0.05, 0.1) is 12.1 Å². The standard InChI is InChI=1S/C14H12Cl2N2O2/c1-20-13-10(6-11(15)7-12(13)16)8-18-14(19)9-2-4-17-5-3-9/h2-7H,8H2,1H3,(H,18,19). The van der Waals surface area contributed by atoms with Crippen LogP contribution in [0.5, 0.6) is 5.75 Å². The Morgan fingerprint density at radius 1 is 1.30 bits per heavy atom. The molecule has 0 bridgehead atoms. The Hall–Kier alpha value is -1.78. The number of rotatable bonds is 4. The number of pyridine rings is 1. The van der Waals surface area contributed by atoms with E-state index in [0.29, 0.717) is 26.9 Å². The fraction of sp³-hybridized carbons (Fsp3) is 0.143. The molecule has 0 atom stereocenters. The number of nitrogens with zero attached hydrogens (tertiary/aromatic N) is 1. The zero-order valence-corrected chi connectivity index (χ0v) is 12.2. The van der Waals surface area contributed by atoms with Gasteiger partial charge in [-0.15, -0.1) is 0 Å². The van der Waals surface area contributed by atoms with Crippen molar-refractivity contribution in [1.29, 1.82) is 0 Å². The van der Waals surface area contributed by atoms with Crippen LogP contribution in [0.15, 0.2) is 36.7 Å². The van der Waals surface area contributed by atoms with Crippen LogP contribution in [-0.4, -0.2) is 18.0 Å². The molecule has 20 heavy (non-hydrogen) atoms. The van der Waals surface area contributed by atoms with E-state index < -0.39 is 0 Å². The molecule has 0 fully saturated rings. The molecule has 0 saturated carbocycles. The van der Waals surface area contributed by atoms with Crippen LogP contribution >= 0.6 is 23.2 Å². The lowest BCUT2D eigenvalue weighted by Gasteiger charge is -2.12. The molecule has 2 aromatic rings. The third kappa shape index (κ3) is 3.40. The summed E-state index contributed by atoms with van der Waals surface area (Å²) in [4.78, 5) is 15.8. The molecule has 0 unspecified atom stereocenters. The van der Waals surface area contributed by atoms with Crippen LogP contribution in [0.3, 0.4) is 0 Å². The SMILES string of the molecule is COc1c(Cl)cc(Cl)cc1CNC(=O)c1ccncc1. The average molecular weight is 311 g/mol. The maximum absolute atomic E-state index is 11.9. The molecule has 1 aromatic heterocycles. The summed E-state index contributed by atoms with van der Waals surface area (Å²) in [6.45, 7) is 0.268. The summed E-state index contributed by atoms with van der Waals surface area (Å²) in [5, 5.41) is 3.68. The van der Waals surface area contributed by atoms with E-state index in [-0.39, 0.29) is 12.5 Å². The molecule has 1 heterocycles. The molecule has 2 rings (SSSR count). The van der Waals surface area contributed by atoms with E-state index in [9.17, 15) is 4.79 Å². The normalized spacial score (nSPS) is 10.2. The summed E-state index contributed by atoms with van der Waals surface area (Å²) < 4.78 is 5.22. The van der Waals surface area contributed by atoms with Gasteiger partial charge in [0.2, 0.25) is 0 Å². The predicted molar refractivity (Wildman–Crippen MR) is 78.4 cm³/mol. The molecule has 0 saturated heterocycles. The van der Waals surface area contributed by atoms with Crippen molar-refractivity contribution < 1.29 is 9.53 Å². The van der Waals surface area contributed by atoms with Gasteiger partial charge in [-0.2, -0.15) is 0 Å². The summed E-state index contributed by atoms with van der Waals surface area (Å²) >= 11 is 12.0. The molecule has 0 spiro atoms. The Labute approximate surface area is 126 Å². The molecular weight excluding hydrogens is 299 g/mol. The molecule has 0 aliphatic heterocycles. The first-order valence-corrected chi connectivity index (χ1v) is 6.57. The molecule has 1 N–H and O–H groups in total. The highest BCUT2D eigenvalue weighted by molar-refractivity contribution is 6.35. The van der Waals surface area contributed by atoms with Gasteiger partial charge in [0.1, 0.15) is 5.75 Å². The van der Waals surface area contributed by atoms with E-state index in [0.717, 1.165) is 0 Å². The van der Waals surface area contributed by atoms with Gasteiger partial charge < -0.3 is 10.1 Å². The highest BCUT2D eigenvalue weighted by atomic mass is 35.5. The van der Waals surface area contributed by atoms with Crippen LogP contribution in [-0.2, 0) is 6.54 Å². The zero-order chi connectivity index (χ0) is 14.5. The van der Waals surface area contributed by atoms with Crippen LogP contribution < -0.4 is 10.1 Å². The van der Waals surface area contributed by atoms with Crippen LogP contribution in [0.25, 0.3) is 0 Å². The number of aromatic nitrogens is 1. The molecule has 1 amide bonds. The Balaban J connectivity index is 2.13. The van der Waals surface area contributed by atoms with Crippen LogP contribution in [0, 0.1) is 0 Å². The van der Waals surface area contributed by atoms with Crippen molar-refractivity contribution >= 4 is 29.1 Å². The van der Waals surface area contributed by atoms with Gasteiger partial charge in [-0.25, -0.2) is 0 Å². The summed E-state index contributed by atoms with van der Waals surface area (Å²) in [5.74, 6) is 0.302. The number of hydrogen-bond donors (Lipinski definition) is 1. The minimum absolute atomic E-state index is 0.203. The number of ether oxygens (including phenoxy) is 1. The lowest BCUT2D eigenvalue weighted by Crippen LogP contribution is -2.23. The quantitative estimate of drug-likeness (QED) is 0.942. The van der Waals surface area contributed by atoms with Gasteiger partial charge in [-0.3, -0.25) is 9.78 Å². The van der Waals surface area contributed by atoms with Crippen molar-refractivity contribution in [3.63, 3.8) is 0 Å². The van der Waals surface area contributed by atoms with Crippen molar-refractivity contribution in [3.05, 3.63) is 57.8 Å². The molecule has 0 aliphatic rings. The number of halogens is 2. The second-order valence-corrected chi connectivity index (χ2v) is 4.84. The van der Waals surface area contributed by atoms with E-state index in [1.165, 1.54) is 7.11 Å². The van der Waals surface area contributed by atoms with Crippen LogP contribution in [0.2, 0.25) is 10.0 Å². The van der Waals surface area contributed by atoms with E-state index in [2.05, 4.69) is 10.3 Å². The smallest absolute Gasteiger partial charge is 0.251 e. The van der Waals surface area contributed by atoms with Gasteiger partial charge in [-0.1, -0.05) is 23.2 Å². The summed E-state index contributed by atoms with van der Waals surface area (Å²) in [7, 11) is 1.52. The zero-order valence-electron chi connectivity index (χ0n) is 10.7. The van der Waals surface area contributed by atoms with Gasteiger partial charge in [0, 0.05) is 35.1 Å². The van der Waals surface area contributed by atoms with E-state index in [1.54, 1.807) is 36.7 Å². The lowest BCUT2D eigenvalue weighted by atomic mass is 10.2. The highest BCUT2D eigenvalue weighted by Gasteiger charge is 2.11. The number of carbonyl (C=O) groups excluding carboxylic acids is 1. The van der Waals surface area contributed by atoms with E-state index in [4.69, 9.17) is 27.9 Å². The number of methoxy groups -OCH3 is 1. The van der Waals surface area contributed by atoms with Crippen LogP contribution in [0.4, 0.5) is 0 Å². The molecule has 6 heteroatoms. The molecule has 4 nitrogen and oxygen atoms in total.